The van der Waals surface area contributed by atoms with E-state index in [0.29, 0.717) is 11.1 Å². The molecule has 0 amide bonds. The fourth-order valence-electron chi connectivity index (χ4n) is 2.66. The van der Waals surface area contributed by atoms with E-state index in [1.165, 1.54) is 0 Å². The zero-order valence-corrected chi connectivity index (χ0v) is 11.0. The number of benzene rings is 2. The lowest BCUT2D eigenvalue weighted by Gasteiger charge is -2.14. The molecule has 0 aromatic heterocycles. The third kappa shape index (κ3) is 1.55. The van der Waals surface area contributed by atoms with Crippen molar-refractivity contribution in [3.05, 3.63) is 45.5 Å². The van der Waals surface area contributed by atoms with Gasteiger partial charge in [-0.05, 0) is 72.9 Å². The van der Waals surface area contributed by atoms with Gasteiger partial charge in [0.1, 0.15) is 0 Å². The third-order valence-electron chi connectivity index (χ3n) is 3.56. The van der Waals surface area contributed by atoms with Crippen LogP contribution in [0, 0.1) is 50.4 Å². The van der Waals surface area contributed by atoms with Gasteiger partial charge in [0.05, 0.1) is 23.3 Å². The van der Waals surface area contributed by atoms with Crippen LogP contribution in [0.5, 0.6) is 0 Å². The minimum absolute atomic E-state index is 0.715. The second-order valence-electron chi connectivity index (χ2n) is 4.71. The molecule has 2 aromatic rings. The molecule has 2 heteroatoms. The summed E-state index contributed by atoms with van der Waals surface area (Å²) in [6.45, 7) is 7.93. The summed E-state index contributed by atoms with van der Waals surface area (Å²) >= 11 is 0. The first-order chi connectivity index (χ1) is 8.51. The average Bonchev–Trinajstić information content (AvgIpc) is 2.35. The molecule has 0 heterocycles. The summed E-state index contributed by atoms with van der Waals surface area (Å²) in [5.41, 5.74) is 5.56. The molecule has 0 atom stereocenters. The Balaban J connectivity index is 3.12. The maximum atomic E-state index is 9.16. The topological polar surface area (TPSA) is 47.6 Å². The van der Waals surface area contributed by atoms with Crippen molar-refractivity contribution in [3.63, 3.8) is 0 Å². The van der Waals surface area contributed by atoms with Gasteiger partial charge in [0.15, 0.2) is 0 Å². The van der Waals surface area contributed by atoms with E-state index in [9.17, 15) is 0 Å². The summed E-state index contributed by atoms with van der Waals surface area (Å²) in [7, 11) is 0. The highest BCUT2D eigenvalue weighted by Crippen LogP contribution is 2.32. The van der Waals surface area contributed by atoms with Gasteiger partial charge in [-0.15, -0.1) is 0 Å². The van der Waals surface area contributed by atoms with Gasteiger partial charge in [0, 0.05) is 0 Å². The largest absolute Gasteiger partial charge is 0.192 e. The Hall–Kier alpha value is -2.32. The molecule has 0 N–H and O–H groups in total. The summed E-state index contributed by atoms with van der Waals surface area (Å²) in [6, 6.07) is 8.29. The van der Waals surface area contributed by atoms with Gasteiger partial charge in [-0.3, -0.25) is 0 Å². The smallest absolute Gasteiger partial charge is 0.0994 e. The monoisotopic (exact) mass is 234 g/mol. The quantitative estimate of drug-likeness (QED) is 0.695. The fraction of sp³-hybridized carbons (Fsp3) is 0.250. The van der Waals surface area contributed by atoms with Crippen LogP contribution in [-0.2, 0) is 0 Å². The highest BCUT2D eigenvalue weighted by atomic mass is 14.3. The van der Waals surface area contributed by atoms with Gasteiger partial charge in [-0.2, -0.15) is 10.5 Å². The standard InChI is InChI=1S/C16H14N2/c1-9-5-13(7-17)12(4)16-10(2)6-14(8-18)11(3)15(9)16/h5-6H,1-4H3. The molecule has 0 spiro atoms. The van der Waals surface area contributed by atoms with E-state index in [1.807, 2.05) is 39.8 Å². The van der Waals surface area contributed by atoms with E-state index in [-0.39, 0.29) is 0 Å². The lowest BCUT2D eigenvalue weighted by molar-refractivity contribution is 1.33. The van der Waals surface area contributed by atoms with E-state index >= 15 is 0 Å². The van der Waals surface area contributed by atoms with Crippen molar-refractivity contribution in [2.75, 3.05) is 0 Å². The second-order valence-corrected chi connectivity index (χ2v) is 4.71. The Kier molecular flexibility index (Phi) is 2.81. The van der Waals surface area contributed by atoms with Crippen LogP contribution in [-0.4, -0.2) is 0 Å². The predicted octanol–water partition coefficient (Wildman–Crippen LogP) is 3.82. The lowest BCUT2D eigenvalue weighted by Crippen LogP contribution is -1.96. The van der Waals surface area contributed by atoms with E-state index in [2.05, 4.69) is 12.1 Å². The number of aryl methyl sites for hydroxylation is 4. The number of rotatable bonds is 0. The molecule has 0 aliphatic carbocycles. The molecule has 18 heavy (non-hydrogen) atoms. The molecule has 88 valence electrons. The second kappa shape index (κ2) is 4.17. The number of hydrogen-bond donors (Lipinski definition) is 0. The molecular formula is C16H14N2. The molecule has 0 fully saturated rings. The van der Waals surface area contributed by atoms with Crippen molar-refractivity contribution in [1.29, 1.82) is 10.5 Å². The molecule has 0 bridgehead atoms. The van der Waals surface area contributed by atoms with Crippen molar-refractivity contribution in [1.82, 2.24) is 0 Å². The van der Waals surface area contributed by atoms with E-state index in [0.717, 1.165) is 33.0 Å². The first kappa shape index (κ1) is 12.1. The zero-order valence-electron chi connectivity index (χ0n) is 11.0. The van der Waals surface area contributed by atoms with Gasteiger partial charge in [0.2, 0.25) is 0 Å². The Morgan fingerprint density at radius 3 is 1.33 bits per heavy atom. The van der Waals surface area contributed by atoms with Crippen LogP contribution in [0.15, 0.2) is 12.1 Å². The molecule has 0 aliphatic rings. The summed E-state index contributed by atoms with van der Waals surface area (Å²) in [5.74, 6) is 0. The minimum atomic E-state index is 0.715. The number of nitriles is 2. The van der Waals surface area contributed by atoms with Crippen molar-refractivity contribution in [2.45, 2.75) is 27.7 Å². The molecule has 0 radical (unpaired) electrons. The minimum Gasteiger partial charge on any atom is -0.192 e. The molecule has 0 aliphatic heterocycles. The van der Waals surface area contributed by atoms with Crippen LogP contribution in [0.1, 0.15) is 33.4 Å². The number of hydrogen-bond acceptors (Lipinski definition) is 2. The van der Waals surface area contributed by atoms with Gasteiger partial charge in [-0.1, -0.05) is 0 Å². The summed E-state index contributed by atoms with van der Waals surface area (Å²) in [5, 5.41) is 20.5. The van der Waals surface area contributed by atoms with Crippen molar-refractivity contribution in [2.24, 2.45) is 0 Å². The Morgan fingerprint density at radius 1 is 0.722 bits per heavy atom. The lowest BCUT2D eigenvalue weighted by atomic mass is 9.88. The molecule has 2 aromatic carbocycles. The molecule has 2 rings (SSSR count). The normalized spacial score (nSPS) is 10.1. The Bertz CT molecular complexity index is 675. The predicted molar refractivity (Wildman–Crippen MR) is 72.3 cm³/mol. The van der Waals surface area contributed by atoms with Crippen LogP contribution >= 0.6 is 0 Å². The summed E-state index contributed by atoms with van der Waals surface area (Å²) < 4.78 is 0. The van der Waals surface area contributed by atoms with Crippen molar-refractivity contribution >= 4 is 10.8 Å². The first-order valence-corrected chi connectivity index (χ1v) is 5.85. The number of fused-ring (bicyclic) bond motifs is 1. The Labute approximate surface area is 107 Å². The van der Waals surface area contributed by atoms with Crippen LogP contribution in [0.4, 0.5) is 0 Å². The summed E-state index contributed by atoms with van der Waals surface area (Å²) in [4.78, 5) is 0. The SMILES string of the molecule is Cc1cc(C#N)c(C)c2c(C)cc(C#N)c(C)c12. The van der Waals surface area contributed by atoms with Gasteiger partial charge in [-0.25, -0.2) is 0 Å². The zero-order chi connectivity index (χ0) is 13.4. The van der Waals surface area contributed by atoms with Gasteiger partial charge in [0.25, 0.3) is 0 Å². The summed E-state index contributed by atoms with van der Waals surface area (Å²) in [6.07, 6.45) is 0. The maximum absolute atomic E-state index is 9.16. The van der Waals surface area contributed by atoms with Crippen molar-refractivity contribution in [3.8, 4) is 12.1 Å². The molecule has 0 saturated carbocycles. The van der Waals surface area contributed by atoms with E-state index in [4.69, 9.17) is 10.5 Å². The van der Waals surface area contributed by atoms with Gasteiger partial charge < -0.3 is 0 Å². The van der Waals surface area contributed by atoms with Crippen LogP contribution in [0.25, 0.3) is 10.8 Å². The third-order valence-corrected chi connectivity index (χ3v) is 3.56. The first-order valence-electron chi connectivity index (χ1n) is 5.85. The molecule has 0 unspecified atom stereocenters. The van der Waals surface area contributed by atoms with Crippen LogP contribution in [0.3, 0.4) is 0 Å². The average molecular weight is 234 g/mol. The molecule has 2 nitrogen and oxygen atoms in total. The highest BCUT2D eigenvalue weighted by Gasteiger charge is 2.13. The van der Waals surface area contributed by atoms with Crippen molar-refractivity contribution < 1.29 is 0 Å². The van der Waals surface area contributed by atoms with Crippen LogP contribution in [0.2, 0.25) is 0 Å². The maximum Gasteiger partial charge on any atom is 0.0994 e. The molecular weight excluding hydrogens is 220 g/mol. The van der Waals surface area contributed by atoms with Crippen LogP contribution < -0.4 is 0 Å². The molecule has 0 saturated heterocycles. The highest BCUT2D eigenvalue weighted by molar-refractivity contribution is 5.96. The van der Waals surface area contributed by atoms with E-state index in [1.54, 1.807) is 0 Å². The van der Waals surface area contributed by atoms with Gasteiger partial charge >= 0.3 is 0 Å². The Morgan fingerprint density at radius 2 is 1.06 bits per heavy atom. The van der Waals surface area contributed by atoms with E-state index < -0.39 is 0 Å². The number of nitrogens with zero attached hydrogens (tertiary/aromatic N) is 2. The fourth-order valence-corrected chi connectivity index (χ4v) is 2.66.